The van der Waals surface area contributed by atoms with Gasteiger partial charge in [-0.1, -0.05) is 18.2 Å². The molecule has 1 aliphatic heterocycles. The van der Waals surface area contributed by atoms with E-state index in [0.717, 1.165) is 18.6 Å². The van der Waals surface area contributed by atoms with Gasteiger partial charge in [0.15, 0.2) is 0 Å². The van der Waals surface area contributed by atoms with E-state index >= 15 is 0 Å². The Kier molecular flexibility index (Phi) is 3.11. The van der Waals surface area contributed by atoms with Gasteiger partial charge in [-0.2, -0.15) is 10.2 Å². The van der Waals surface area contributed by atoms with E-state index < -0.39 is 0 Å². The summed E-state index contributed by atoms with van der Waals surface area (Å²) in [4.78, 5) is 2.47. The Morgan fingerprint density at radius 3 is 3.17 bits per heavy atom. The number of likely N-dealkylation sites (N-methyl/N-ethyl adjacent to an activating group) is 1. The molecule has 1 aliphatic rings. The number of fused-ring (bicyclic) bond motifs is 1. The van der Waals surface area contributed by atoms with Crippen LogP contribution in [0.15, 0.2) is 30.5 Å². The summed E-state index contributed by atoms with van der Waals surface area (Å²) in [5.41, 5.74) is 2.20. The molecule has 0 amide bonds. The average molecular weight is 242 g/mol. The summed E-state index contributed by atoms with van der Waals surface area (Å²) >= 11 is 0. The van der Waals surface area contributed by atoms with Crippen LogP contribution in [-0.2, 0) is 0 Å². The van der Waals surface area contributed by atoms with Crippen molar-refractivity contribution in [1.29, 1.82) is 0 Å². The van der Waals surface area contributed by atoms with Gasteiger partial charge in [0.25, 0.3) is 0 Å². The van der Waals surface area contributed by atoms with Crippen LogP contribution in [0.25, 0.3) is 10.9 Å². The second kappa shape index (κ2) is 4.90. The van der Waals surface area contributed by atoms with Crippen LogP contribution < -0.4 is 10.2 Å². The van der Waals surface area contributed by atoms with E-state index in [1.54, 1.807) is 0 Å². The summed E-state index contributed by atoms with van der Waals surface area (Å²) in [6, 6.07) is 8.80. The van der Waals surface area contributed by atoms with Crippen molar-refractivity contribution in [3.63, 3.8) is 0 Å². The molecule has 0 aliphatic carbocycles. The zero-order valence-corrected chi connectivity index (χ0v) is 10.6. The van der Waals surface area contributed by atoms with Crippen molar-refractivity contribution >= 4 is 16.6 Å². The number of anilines is 1. The Labute approximate surface area is 107 Å². The van der Waals surface area contributed by atoms with Crippen molar-refractivity contribution in [3.05, 3.63) is 30.5 Å². The summed E-state index contributed by atoms with van der Waals surface area (Å²) in [7, 11) is 2.01. The van der Waals surface area contributed by atoms with Gasteiger partial charge in [0, 0.05) is 24.5 Å². The molecule has 18 heavy (non-hydrogen) atoms. The summed E-state index contributed by atoms with van der Waals surface area (Å²) < 4.78 is 0. The number of rotatable bonds is 3. The van der Waals surface area contributed by atoms with Gasteiger partial charge >= 0.3 is 0 Å². The molecule has 1 N–H and O–H groups in total. The Morgan fingerprint density at radius 1 is 1.39 bits per heavy atom. The van der Waals surface area contributed by atoms with Crippen LogP contribution in [0.4, 0.5) is 5.69 Å². The van der Waals surface area contributed by atoms with Crippen LogP contribution in [-0.4, -0.2) is 36.4 Å². The van der Waals surface area contributed by atoms with Gasteiger partial charge in [0.05, 0.1) is 17.4 Å². The molecule has 0 spiro atoms. The minimum atomic E-state index is 0.572. The lowest BCUT2D eigenvalue weighted by atomic mass is 10.1. The van der Waals surface area contributed by atoms with Crippen LogP contribution in [0.5, 0.6) is 0 Å². The molecule has 1 fully saturated rings. The number of nitrogens with zero attached hydrogens (tertiary/aromatic N) is 3. The summed E-state index contributed by atoms with van der Waals surface area (Å²) in [6.07, 6.45) is 4.40. The van der Waals surface area contributed by atoms with Crippen LogP contribution >= 0.6 is 0 Å². The Bertz CT molecular complexity index is 535. The van der Waals surface area contributed by atoms with Gasteiger partial charge in [0.1, 0.15) is 0 Å². The van der Waals surface area contributed by atoms with E-state index in [9.17, 15) is 0 Å². The fourth-order valence-electron chi connectivity index (χ4n) is 2.82. The van der Waals surface area contributed by atoms with Gasteiger partial charge in [0.2, 0.25) is 0 Å². The first-order chi connectivity index (χ1) is 8.90. The first-order valence-corrected chi connectivity index (χ1v) is 6.52. The zero-order valence-electron chi connectivity index (χ0n) is 10.6. The molecule has 0 radical (unpaired) electrons. The van der Waals surface area contributed by atoms with Gasteiger partial charge in [-0.3, -0.25) is 0 Å². The predicted molar refractivity (Wildman–Crippen MR) is 73.8 cm³/mol. The minimum absolute atomic E-state index is 0.572. The second-order valence-corrected chi connectivity index (χ2v) is 4.79. The van der Waals surface area contributed by atoms with Gasteiger partial charge in [-0.15, -0.1) is 0 Å². The first kappa shape index (κ1) is 11.4. The van der Waals surface area contributed by atoms with Crippen molar-refractivity contribution in [2.24, 2.45) is 0 Å². The number of nitrogens with one attached hydrogen (secondary N) is 1. The fraction of sp³-hybridized carbons (Fsp3) is 0.429. The largest absolute Gasteiger partial charge is 0.365 e. The second-order valence-electron chi connectivity index (χ2n) is 4.79. The minimum Gasteiger partial charge on any atom is -0.365 e. The van der Waals surface area contributed by atoms with E-state index in [4.69, 9.17) is 0 Å². The molecular weight excluding hydrogens is 224 g/mol. The van der Waals surface area contributed by atoms with Crippen LogP contribution in [0.2, 0.25) is 0 Å². The van der Waals surface area contributed by atoms with Crippen molar-refractivity contribution < 1.29 is 0 Å². The SMILES string of the molecule is CNCC1CCCN1c1cnnc2ccccc12. The molecule has 2 heterocycles. The molecule has 4 heteroatoms. The van der Waals surface area contributed by atoms with Crippen molar-refractivity contribution in [1.82, 2.24) is 15.5 Å². The number of hydrogen-bond acceptors (Lipinski definition) is 4. The van der Waals surface area contributed by atoms with Crippen LogP contribution in [0.3, 0.4) is 0 Å². The summed E-state index contributed by atoms with van der Waals surface area (Å²) in [6.45, 7) is 2.14. The maximum Gasteiger partial charge on any atom is 0.0950 e. The third-order valence-corrected chi connectivity index (χ3v) is 3.65. The molecule has 1 aromatic heterocycles. The van der Waals surface area contributed by atoms with Gasteiger partial charge in [-0.25, -0.2) is 0 Å². The molecule has 1 saturated heterocycles. The lowest BCUT2D eigenvalue weighted by molar-refractivity contribution is 0.616. The number of aromatic nitrogens is 2. The standard InChI is InChI=1S/C14H18N4/c1-15-9-11-5-4-8-18(11)14-10-16-17-13-7-3-2-6-12(13)14/h2-3,6-7,10-11,15H,4-5,8-9H2,1H3. The lowest BCUT2D eigenvalue weighted by Crippen LogP contribution is -2.36. The normalized spacial score (nSPS) is 19.6. The quantitative estimate of drug-likeness (QED) is 0.891. The molecule has 1 aromatic carbocycles. The Hall–Kier alpha value is -1.68. The van der Waals surface area contributed by atoms with Crippen LogP contribution in [0, 0.1) is 0 Å². The molecule has 0 saturated carbocycles. The fourth-order valence-corrected chi connectivity index (χ4v) is 2.82. The monoisotopic (exact) mass is 242 g/mol. The maximum atomic E-state index is 4.19. The average Bonchev–Trinajstić information content (AvgIpc) is 2.87. The molecule has 0 bridgehead atoms. The van der Waals surface area contributed by atoms with E-state index in [1.165, 1.54) is 23.9 Å². The maximum absolute atomic E-state index is 4.19. The van der Waals surface area contributed by atoms with E-state index in [0.29, 0.717) is 6.04 Å². The van der Waals surface area contributed by atoms with Gasteiger partial charge in [-0.05, 0) is 26.0 Å². The number of hydrogen-bond donors (Lipinski definition) is 1. The first-order valence-electron chi connectivity index (χ1n) is 6.52. The highest BCUT2D eigenvalue weighted by atomic mass is 15.2. The van der Waals surface area contributed by atoms with Gasteiger partial charge < -0.3 is 10.2 Å². The molecular formula is C14H18N4. The highest BCUT2D eigenvalue weighted by Crippen LogP contribution is 2.30. The number of benzene rings is 1. The van der Waals surface area contributed by atoms with E-state index in [-0.39, 0.29) is 0 Å². The Balaban J connectivity index is 2.03. The topological polar surface area (TPSA) is 41.0 Å². The highest BCUT2D eigenvalue weighted by Gasteiger charge is 2.25. The molecule has 94 valence electrons. The van der Waals surface area contributed by atoms with Crippen LogP contribution in [0.1, 0.15) is 12.8 Å². The van der Waals surface area contributed by atoms with Crippen molar-refractivity contribution in [2.75, 3.05) is 25.0 Å². The van der Waals surface area contributed by atoms with E-state index in [2.05, 4.69) is 32.5 Å². The third-order valence-electron chi connectivity index (χ3n) is 3.65. The molecule has 3 rings (SSSR count). The summed E-state index contributed by atoms with van der Waals surface area (Å²) in [5, 5.41) is 12.8. The zero-order chi connectivity index (χ0) is 12.4. The molecule has 1 unspecified atom stereocenters. The summed E-state index contributed by atoms with van der Waals surface area (Å²) in [5.74, 6) is 0. The smallest absolute Gasteiger partial charge is 0.0950 e. The van der Waals surface area contributed by atoms with Crippen molar-refractivity contribution in [2.45, 2.75) is 18.9 Å². The highest BCUT2D eigenvalue weighted by molar-refractivity contribution is 5.91. The van der Waals surface area contributed by atoms with E-state index in [1.807, 2.05) is 25.4 Å². The molecule has 2 aromatic rings. The third kappa shape index (κ3) is 1.93. The molecule has 4 nitrogen and oxygen atoms in total. The lowest BCUT2D eigenvalue weighted by Gasteiger charge is -2.27. The predicted octanol–water partition coefficient (Wildman–Crippen LogP) is 1.82. The van der Waals surface area contributed by atoms with Crippen molar-refractivity contribution in [3.8, 4) is 0 Å². The Morgan fingerprint density at radius 2 is 2.28 bits per heavy atom. The molecule has 1 atom stereocenters.